The van der Waals surface area contributed by atoms with E-state index in [2.05, 4.69) is 0 Å². The van der Waals surface area contributed by atoms with Crippen molar-refractivity contribution >= 4 is 17.6 Å². The fraction of sp³-hybridized carbons (Fsp3) is 0.429. The lowest BCUT2D eigenvalue weighted by molar-refractivity contribution is -0.384. The van der Waals surface area contributed by atoms with Crippen molar-refractivity contribution in [2.45, 2.75) is 19.8 Å². The van der Waals surface area contributed by atoms with Gasteiger partial charge in [0.05, 0.1) is 10.8 Å². The average Bonchev–Trinajstić information content (AvgIpc) is 2.46. The fourth-order valence-corrected chi connectivity index (χ4v) is 2.53. The van der Waals surface area contributed by atoms with Crippen LogP contribution in [-0.2, 0) is 4.79 Å². The maximum absolute atomic E-state index is 12.4. The highest BCUT2D eigenvalue weighted by molar-refractivity contribution is 5.96. The van der Waals surface area contributed by atoms with Gasteiger partial charge < -0.3 is 10.0 Å². The monoisotopic (exact) mass is 292 g/mol. The van der Waals surface area contributed by atoms with Crippen LogP contribution in [-0.4, -0.2) is 39.9 Å². The molecule has 1 amide bonds. The molecule has 1 aliphatic heterocycles. The summed E-state index contributed by atoms with van der Waals surface area (Å²) in [4.78, 5) is 35.2. The van der Waals surface area contributed by atoms with E-state index < -0.39 is 16.8 Å². The second-order valence-corrected chi connectivity index (χ2v) is 5.18. The highest BCUT2D eigenvalue weighted by Crippen LogP contribution is 2.22. The van der Waals surface area contributed by atoms with E-state index in [0.717, 1.165) is 0 Å². The van der Waals surface area contributed by atoms with E-state index in [1.807, 2.05) is 0 Å². The summed E-state index contributed by atoms with van der Waals surface area (Å²) in [6.07, 6.45) is 1.22. The number of nitrogens with zero attached hydrogens (tertiary/aromatic N) is 2. The third-order valence-corrected chi connectivity index (χ3v) is 3.71. The summed E-state index contributed by atoms with van der Waals surface area (Å²) in [5.41, 5.74) is 0.837. The summed E-state index contributed by atoms with van der Waals surface area (Å²) in [5, 5.41) is 19.7. The van der Waals surface area contributed by atoms with Crippen molar-refractivity contribution in [3.63, 3.8) is 0 Å². The van der Waals surface area contributed by atoms with Crippen LogP contribution in [0.15, 0.2) is 18.2 Å². The first-order valence-electron chi connectivity index (χ1n) is 6.67. The number of aryl methyl sites for hydroxylation is 1. The van der Waals surface area contributed by atoms with Crippen LogP contribution < -0.4 is 0 Å². The molecule has 0 radical (unpaired) electrons. The van der Waals surface area contributed by atoms with Gasteiger partial charge in [0.25, 0.3) is 11.6 Å². The van der Waals surface area contributed by atoms with E-state index in [9.17, 15) is 19.7 Å². The van der Waals surface area contributed by atoms with Crippen molar-refractivity contribution in [1.29, 1.82) is 0 Å². The van der Waals surface area contributed by atoms with E-state index in [-0.39, 0.29) is 18.1 Å². The van der Waals surface area contributed by atoms with E-state index >= 15 is 0 Å². The number of aliphatic carboxylic acids is 1. The quantitative estimate of drug-likeness (QED) is 0.676. The molecule has 7 heteroatoms. The van der Waals surface area contributed by atoms with Crippen molar-refractivity contribution in [2.75, 3.05) is 13.1 Å². The Kier molecular flexibility index (Phi) is 4.21. The summed E-state index contributed by atoms with van der Waals surface area (Å²) >= 11 is 0. The maximum Gasteiger partial charge on any atom is 0.308 e. The Bertz CT molecular complexity index is 599. The number of non-ortho nitro benzene ring substituents is 1. The van der Waals surface area contributed by atoms with E-state index in [1.54, 1.807) is 6.92 Å². The van der Waals surface area contributed by atoms with E-state index in [0.29, 0.717) is 30.5 Å². The van der Waals surface area contributed by atoms with Crippen molar-refractivity contribution in [3.05, 3.63) is 39.4 Å². The lowest BCUT2D eigenvalue weighted by Crippen LogP contribution is -2.42. The molecule has 0 aliphatic carbocycles. The Morgan fingerprint density at radius 1 is 1.43 bits per heavy atom. The third-order valence-electron chi connectivity index (χ3n) is 3.71. The molecule has 0 saturated carbocycles. The van der Waals surface area contributed by atoms with Crippen LogP contribution in [0.1, 0.15) is 28.8 Å². The molecule has 0 unspecified atom stereocenters. The van der Waals surface area contributed by atoms with Gasteiger partial charge in [0.1, 0.15) is 0 Å². The van der Waals surface area contributed by atoms with Crippen LogP contribution in [0.3, 0.4) is 0 Å². The van der Waals surface area contributed by atoms with Gasteiger partial charge in [-0.15, -0.1) is 0 Å². The molecule has 0 spiro atoms. The number of piperidine rings is 1. The molecule has 7 nitrogen and oxygen atoms in total. The molecule has 1 aromatic rings. The van der Waals surface area contributed by atoms with Gasteiger partial charge >= 0.3 is 5.97 Å². The molecule has 1 fully saturated rings. The zero-order valence-corrected chi connectivity index (χ0v) is 11.6. The summed E-state index contributed by atoms with van der Waals surface area (Å²) < 4.78 is 0. The van der Waals surface area contributed by atoms with Gasteiger partial charge in [-0.05, 0) is 31.4 Å². The number of nitro benzene ring substituents is 1. The number of carboxylic acid groups (broad SMARTS) is 1. The molecule has 2 rings (SSSR count). The van der Waals surface area contributed by atoms with Crippen molar-refractivity contribution < 1.29 is 19.6 Å². The standard InChI is InChI=1S/C14H16N2O5/c1-9-7-11(16(20)21)4-5-12(9)13(17)15-6-2-3-10(8-15)14(18)19/h4-5,7,10H,2-3,6,8H2,1H3,(H,18,19)/t10-/m1/s1. The summed E-state index contributed by atoms with van der Waals surface area (Å²) in [6, 6.07) is 4.07. The predicted octanol–water partition coefficient (Wildman–Crippen LogP) is 1.84. The first-order chi connectivity index (χ1) is 9.90. The maximum atomic E-state index is 12.4. The topological polar surface area (TPSA) is 101 Å². The Balaban J connectivity index is 2.20. The SMILES string of the molecule is Cc1cc([N+](=O)[O-])ccc1C(=O)N1CCC[C@@H](C(=O)O)C1. The van der Waals surface area contributed by atoms with Crippen LogP contribution in [0, 0.1) is 23.0 Å². The number of carbonyl (C=O) groups is 2. The van der Waals surface area contributed by atoms with Gasteiger partial charge in [0, 0.05) is 30.8 Å². The third kappa shape index (κ3) is 3.18. The van der Waals surface area contributed by atoms with E-state index in [4.69, 9.17) is 5.11 Å². The zero-order chi connectivity index (χ0) is 15.6. The lowest BCUT2D eigenvalue weighted by Gasteiger charge is -2.31. The number of hydrogen-bond acceptors (Lipinski definition) is 4. The molecule has 1 saturated heterocycles. The number of nitro groups is 1. The molecule has 1 aliphatic rings. The second kappa shape index (κ2) is 5.90. The Morgan fingerprint density at radius 2 is 2.14 bits per heavy atom. The minimum atomic E-state index is -0.895. The lowest BCUT2D eigenvalue weighted by atomic mass is 9.97. The summed E-state index contributed by atoms with van der Waals surface area (Å²) in [7, 11) is 0. The number of rotatable bonds is 3. The molecule has 1 N–H and O–H groups in total. The Labute approximate surface area is 121 Å². The van der Waals surface area contributed by atoms with Crippen molar-refractivity contribution in [3.8, 4) is 0 Å². The number of hydrogen-bond donors (Lipinski definition) is 1. The van der Waals surface area contributed by atoms with Crippen LogP contribution in [0.5, 0.6) is 0 Å². The van der Waals surface area contributed by atoms with Crippen LogP contribution in [0.25, 0.3) is 0 Å². The smallest absolute Gasteiger partial charge is 0.308 e. The second-order valence-electron chi connectivity index (χ2n) is 5.18. The number of benzene rings is 1. The molecule has 0 aromatic heterocycles. The van der Waals surface area contributed by atoms with Crippen molar-refractivity contribution in [1.82, 2.24) is 4.90 Å². The average molecular weight is 292 g/mol. The number of likely N-dealkylation sites (tertiary alicyclic amines) is 1. The Morgan fingerprint density at radius 3 is 2.71 bits per heavy atom. The largest absolute Gasteiger partial charge is 0.481 e. The number of carbonyl (C=O) groups excluding carboxylic acids is 1. The van der Waals surface area contributed by atoms with Crippen LogP contribution in [0.4, 0.5) is 5.69 Å². The minimum absolute atomic E-state index is 0.0638. The zero-order valence-electron chi connectivity index (χ0n) is 11.6. The molecule has 1 aromatic carbocycles. The molecule has 0 bridgehead atoms. The molecular formula is C14H16N2O5. The van der Waals surface area contributed by atoms with Gasteiger partial charge in [0.15, 0.2) is 0 Å². The summed E-state index contributed by atoms with van der Waals surface area (Å²) in [5.74, 6) is -1.71. The highest BCUT2D eigenvalue weighted by atomic mass is 16.6. The molecule has 1 atom stereocenters. The number of amides is 1. The van der Waals surface area contributed by atoms with Gasteiger partial charge in [-0.1, -0.05) is 0 Å². The van der Waals surface area contributed by atoms with E-state index in [1.165, 1.54) is 23.1 Å². The van der Waals surface area contributed by atoms with Crippen molar-refractivity contribution in [2.24, 2.45) is 5.92 Å². The molecular weight excluding hydrogens is 276 g/mol. The van der Waals surface area contributed by atoms with Crippen LogP contribution in [0.2, 0.25) is 0 Å². The summed E-state index contributed by atoms with van der Waals surface area (Å²) in [6.45, 7) is 2.34. The van der Waals surface area contributed by atoms with Gasteiger partial charge in [-0.25, -0.2) is 0 Å². The first-order valence-corrected chi connectivity index (χ1v) is 6.67. The van der Waals surface area contributed by atoms with Gasteiger partial charge in [-0.2, -0.15) is 0 Å². The van der Waals surface area contributed by atoms with Crippen LogP contribution >= 0.6 is 0 Å². The normalized spacial score (nSPS) is 18.3. The Hall–Kier alpha value is -2.44. The highest BCUT2D eigenvalue weighted by Gasteiger charge is 2.29. The molecule has 1 heterocycles. The minimum Gasteiger partial charge on any atom is -0.481 e. The number of carboxylic acids is 1. The van der Waals surface area contributed by atoms with Gasteiger partial charge in [0.2, 0.25) is 0 Å². The molecule has 112 valence electrons. The first kappa shape index (κ1) is 15.0. The molecule has 21 heavy (non-hydrogen) atoms. The predicted molar refractivity (Wildman–Crippen MR) is 74.1 cm³/mol. The fourth-order valence-electron chi connectivity index (χ4n) is 2.53. The van der Waals surface area contributed by atoms with Gasteiger partial charge in [-0.3, -0.25) is 19.7 Å².